The normalized spacial score (nSPS) is 9.27. The zero-order valence-corrected chi connectivity index (χ0v) is 8.96. The highest BCUT2D eigenvalue weighted by Crippen LogP contribution is 2.01. The van der Waals surface area contributed by atoms with Crippen molar-refractivity contribution in [1.29, 1.82) is 0 Å². The SMILES string of the molecule is O=C(O)CCc1ccccc1.O=[PH](O)O. The molecule has 0 fully saturated rings. The molecular weight excluding hydrogens is 219 g/mol. The molecule has 0 heterocycles. The maximum absolute atomic E-state index is 10.2. The quantitative estimate of drug-likeness (QED) is 0.677. The van der Waals surface area contributed by atoms with Gasteiger partial charge in [0, 0.05) is 6.42 Å². The van der Waals surface area contributed by atoms with E-state index >= 15 is 0 Å². The fourth-order valence-corrected chi connectivity index (χ4v) is 0.896. The standard InChI is InChI=1S/C9H10O2.H3O3P/c10-9(11)7-6-8-4-2-1-3-5-8;1-4(2)3/h1-5H,6-7H2,(H,10,11);4H,(H2,1,2,3). The first-order valence-corrected chi connectivity index (χ1v) is 5.50. The maximum Gasteiger partial charge on any atom is 0.314 e. The van der Waals surface area contributed by atoms with E-state index in [2.05, 4.69) is 0 Å². The lowest BCUT2D eigenvalue weighted by molar-refractivity contribution is -0.136. The number of hydrogen-bond donors (Lipinski definition) is 3. The third-order valence-corrected chi connectivity index (χ3v) is 1.47. The van der Waals surface area contributed by atoms with Gasteiger partial charge >= 0.3 is 14.2 Å². The van der Waals surface area contributed by atoms with Crippen LogP contribution in [0.4, 0.5) is 0 Å². The second-order valence-corrected chi connectivity index (χ2v) is 3.23. The van der Waals surface area contributed by atoms with E-state index in [1.807, 2.05) is 30.3 Å². The summed E-state index contributed by atoms with van der Waals surface area (Å²) < 4.78 is 8.74. The van der Waals surface area contributed by atoms with Crippen molar-refractivity contribution < 1.29 is 24.3 Å². The summed E-state index contributed by atoms with van der Waals surface area (Å²) in [6, 6.07) is 9.62. The Balaban J connectivity index is 0.000000423. The van der Waals surface area contributed by atoms with Crippen LogP contribution in [-0.4, -0.2) is 20.9 Å². The Morgan fingerprint density at radius 2 is 1.67 bits per heavy atom. The van der Waals surface area contributed by atoms with Gasteiger partial charge in [0.2, 0.25) is 0 Å². The van der Waals surface area contributed by atoms with Crippen molar-refractivity contribution >= 4 is 14.2 Å². The monoisotopic (exact) mass is 232 g/mol. The van der Waals surface area contributed by atoms with Crippen LogP contribution in [0.3, 0.4) is 0 Å². The summed E-state index contributed by atoms with van der Waals surface area (Å²) in [4.78, 5) is 24.5. The molecule has 5 nitrogen and oxygen atoms in total. The lowest BCUT2D eigenvalue weighted by Gasteiger charge is -1.95. The van der Waals surface area contributed by atoms with E-state index in [1.54, 1.807) is 0 Å². The van der Waals surface area contributed by atoms with Gasteiger partial charge in [-0.2, -0.15) is 0 Å². The molecule has 0 bridgehead atoms. The number of aryl methyl sites for hydroxylation is 1. The Kier molecular flexibility index (Phi) is 7.54. The summed E-state index contributed by atoms with van der Waals surface area (Å²) >= 11 is 0. The Morgan fingerprint density at radius 1 is 1.20 bits per heavy atom. The molecule has 1 aromatic carbocycles. The predicted octanol–water partition coefficient (Wildman–Crippen LogP) is 1.06. The minimum Gasteiger partial charge on any atom is -0.481 e. The fourth-order valence-electron chi connectivity index (χ4n) is 0.896. The number of carboxylic acid groups (broad SMARTS) is 1. The van der Waals surface area contributed by atoms with Crippen molar-refractivity contribution in [3.8, 4) is 0 Å². The van der Waals surface area contributed by atoms with Gasteiger partial charge in [0.1, 0.15) is 0 Å². The van der Waals surface area contributed by atoms with Gasteiger partial charge in [-0.3, -0.25) is 9.36 Å². The van der Waals surface area contributed by atoms with E-state index in [1.165, 1.54) is 0 Å². The summed E-state index contributed by atoms with van der Waals surface area (Å²) in [5.41, 5.74) is 1.08. The zero-order chi connectivity index (χ0) is 11.7. The molecular formula is C9H13O5P. The van der Waals surface area contributed by atoms with Crippen molar-refractivity contribution in [1.82, 2.24) is 0 Å². The molecule has 0 saturated carbocycles. The lowest BCUT2D eigenvalue weighted by Crippen LogP contribution is -1.96. The maximum atomic E-state index is 10.2. The minimum absolute atomic E-state index is 0.212. The van der Waals surface area contributed by atoms with Crippen LogP contribution in [0.15, 0.2) is 30.3 Å². The number of aliphatic carboxylic acids is 1. The molecule has 0 aliphatic heterocycles. The van der Waals surface area contributed by atoms with Crippen LogP contribution in [-0.2, 0) is 15.8 Å². The van der Waals surface area contributed by atoms with Crippen LogP contribution in [0, 0.1) is 0 Å². The van der Waals surface area contributed by atoms with E-state index in [4.69, 9.17) is 19.5 Å². The second-order valence-electron chi connectivity index (χ2n) is 2.66. The van der Waals surface area contributed by atoms with Crippen LogP contribution in [0.1, 0.15) is 12.0 Å². The molecule has 0 aliphatic carbocycles. The van der Waals surface area contributed by atoms with Crippen molar-refractivity contribution in [2.75, 3.05) is 0 Å². The zero-order valence-electron chi connectivity index (χ0n) is 7.96. The van der Waals surface area contributed by atoms with Gasteiger partial charge in [-0.15, -0.1) is 0 Å². The smallest absolute Gasteiger partial charge is 0.314 e. The molecule has 1 aromatic rings. The molecule has 0 aromatic heterocycles. The van der Waals surface area contributed by atoms with E-state index < -0.39 is 14.2 Å². The molecule has 1 rings (SSSR count). The molecule has 0 unspecified atom stereocenters. The summed E-state index contributed by atoms with van der Waals surface area (Å²) in [5, 5.41) is 8.37. The topological polar surface area (TPSA) is 94.8 Å². The number of carboxylic acids is 1. The Morgan fingerprint density at radius 3 is 2.07 bits per heavy atom. The van der Waals surface area contributed by atoms with Crippen molar-refractivity contribution in [3.63, 3.8) is 0 Å². The van der Waals surface area contributed by atoms with Crippen LogP contribution in [0.25, 0.3) is 0 Å². The second kappa shape index (κ2) is 8.17. The van der Waals surface area contributed by atoms with E-state index in [0.29, 0.717) is 6.42 Å². The molecule has 84 valence electrons. The first-order chi connectivity index (χ1) is 7.02. The third-order valence-electron chi connectivity index (χ3n) is 1.47. The molecule has 15 heavy (non-hydrogen) atoms. The average Bonchev–Trinajstić information content (AvgIpc) is 2.15. The summed E-state index contributed by atoms with van der Waals surface area (Å²) in [6.07, 6.45) is 0.834. The highest BCUT2D eigenvalue weighted by molar-refractivity contribution is 7.30. The van der Waals surface area contributed by atoms with Gasteiger partial charge in [-0.05, 0) is 12.0 Å². The van der Waals surface area contributed by atoms with E-state index in [9.17, 15) is 4.79 Å². The third kappa shape index (κ3) is 10.8. The van der Waals surface area contributed by atoms with Crippen LogP contribution in [0.2, 0.25) is 0 Å². The van der Waals surface area contributed by atoms with Crippen molar-refractivity contribution in [3.05, 3.63) is 35.9 Å². The molecule has 3 N–H and O–H groups in total. The highest BCUT2D eigenvalue weighted by atomic mass is 31.1. The van der Waals surface area contributed by atoms with Crippen molar-refractivity contribution in [2.45, 2.75) is 12.8 Å². The van der Waals surface area contributed by atoms with Crippen LogP contribution in [0.5, 0.6) is 0 Å². The van der Waals surface area contributed by atoms with E-state index in [-0.39, 0.29) is 6.42 Å². The Bertz CT molecular complexity index is 308. The molecule has 0 amide bonds. The highest BCUT2D eigenvalue weighted by Gasteiger charge is 1.96. The van der Waals surface area contributed by atoms with Crippen molar-refractivity contribution in [2.24, 2.45) is 0 Å². The van der Waals surface area contributed by atoms with Gasteiger partial charge in [-0.25, -0.2) is 0 Å². The van der Waals surface area contributed by atoms with E-state index in [0.717, 1.165) is 5.56 Å². The van der Waals surface area contributed by atoms with Gasteiger partial charge in [0.15, 0.2) is 0 Å². The Labute approximate surface area is 88.0 Å². The summed E-state index contributed by atoms with van der Waals surface area (Å²) in [6.45, 7) is 0. The first kappa shape index (κ1) is 13.8. The predicted molar refractivity (Wildman–Crippen MR) is 55.8 cm³/mol. The minimum atomic E-state index is -3.13. The summed E-state index contributed by atoms with van der Waals surface area (Å²) in [5.74, 6) is -0.742. The first-order valence-electron chi connectivity index (χ1n) is 4.20. The summed E-state index contributed by atoms with van der Waals surface area (Å²) in [7, 11) is -3.13. The molecule has 0 atom stereocenters. The van der Waals surface area contributed by atoms with Crippen LogP contribution >= 0.6 is 8.25 Å². The van der Waals surface area contributed by atoms with Gasteiger partial charge in [-0.1, -0.05) is 30.3 Å². The molecule has 0 radical (unpaired) electrons. The number of rotatable bonds is 3. The number of benzene rings is 1. The van der Waals surface area contributed by atoms with Crippen LogP contribution < -0.4 is 0 Å². The lowest BCUT2D eigenvalue weighted by atomic mass is 10.1. The molecule has 0 saturated heterocycles. The number of hydrogen-bond acceptors (Lipinski definition) is 2. The average molecular weight is 232 g/mol. The van der Waals surface area contributed by atoms with Gasteiger partial charge in [0.25, 0.3) is 0 Å². The molecule has 6 heteroatoms. The largest absolute Gasteiger partial charge is 0.481 e. The number of carbonyl (C=O) groups is 1. The van der Waals surface area contributed by atoms with Gasteiger partial charge < -0.3 is 14.9 Å². The molecule has 0 spiro atoms. The van der Waals surface area contributed by atoms with Gasteiger partial charge in [0.05, 0.1) is 0 Å². The fraction of sp³-hybridized carbons (Fsp3) is 0.222. The molecule has 0 aliphatic rings. The Hall–Kier alpha value is -1.16.